The minimum Gasteiger partial charge on any atom is -0.457 e. The van der Waals surface area contributed by atoms with E-state index in [4.69, 9.17) is 4.74 Å². The molecule has 0 bridgehead atoms. The molecular weight excluding hydrogens is 535 g/mol. The molecule has 2 heterocycles. The summed E-state index contributed by atoms with van der Waals surface area (Å²) in [6, 6.07) is 16.8. The Hall–Kier alpha value is -5.19. The number of carbonyl (C=O) groups is 2. The summed E-state index contributed by atoms with van der Waals surface area (Å²) in [5, 5.41) is 6.67. The molecule has 2 amide bonds. The van der Waals surface area contributed by atoms with Gasteiger partial charge >= 0.3 is 6.18 Å². The number of aromatic nitrogens is 3. The van der Waals surface area contributed by atoms with Gasteiger partial charge in [0.1, 0.15) is 17.3 Å². The molecule has 2 aromatic heterocycles. The third-order valence-corrected chi connectivity index (χ3v) is 6.57. The van der Waals surface area contributed by atoms with Crippen molar-refractivity contribution in [3.05, 3.63) is 103 Å². The number of halogens is 3. The second kappa shape index (κ2) is 10.4. The summed E-state index contributed by atoms with van der Waals surface area (Å²) >= 11 is 0. The molecule has 8 nitrogen and oxygen atoms in total. The molecule has 206 valence electrons. The van der Waals surface area contributed by atoms with E-state index in [1.54, 1.807) is 48.5 Å². The van der Waals surface area contributed by atoms with Crippen LogP contribution in [-0.2, 0) is 11.0 Å². The van der Waals surface area contributed by atoms with Gasteiger partial charge in [0, 0.05) is 47.5 Å². The number of amides is 2. The summed E-state index contributed by atoms with van der Waals surface area (Å²) in [5.41, 5.74) is -0.416. The zero-order valence-electron chi connectivity index (χ0n) is 21.4. The molecule has 11 heteroatoms. The second-order valence-electron chi connectivity index (χ2n) is 9.62. The van der Waals surface area contributed by atoms with E-state index >= 15 is 0 Å². The van der Waals surface area contributed by atoms with Crippen molar-refractivity contribution in [1.29, 1.82) is 0 Å². The average Bonchev–Trinajstić information content (AvgIpc) is 3.66. The quantitative estimate of drug-likeness (QED) is 0.229. The van der Waals surface area contributed by atoms with Gasteiger partial charge in [-0.25, -0.2) is 9.97 Å². The van der Waals surface area contributed by atoms with Crippen LogP contribution in [0.25, 0.3) is 16.5 Å². The highest BCUT2D eigenvalue weighted by molar-refractivity contribution is 6.13. The summed E-state index contributed by atoms with van der Waals surface area (Å²) in [6.07, 6.45) is 3.03. The van der Waals surface area contributed by atoms with Crippen molar-refractivity contribution in [1.82, 2.24) is 14.5 Å². The lowest BCUT2D eigenvalue weighted by Crippen LogP contribution is -2.14. The molecule has 1 aliphatic carbocycles. The van der Waals surface area contributed by atoms with Crippen molar-refractivity contribution in [2.45, 2.75) is 19.0 Å². The normalized spacial score (nSPS) is 13.1. The van der Waals surface area contributed by atoms with Crippen molar-refractivity contribution in [2.24, 2.45) is 5.92 Å². The number of hydrogen-bond donors (Lipinski definition) is 2. The van der Waals surface area contributed by atoms with Crippen LogP contribution in [0.2, 0.25) is 0 Å². The molecule has 3 aromatic carbocycles. The molecule has 1 fully saturated rings. The highest BCUT2D eigenvalue weighted by Gasteiger charge is 2.32. The molecule has 0 saturated heterocycles. The van der Waals surface area contributed by atoms with Gasteiger partial charge in [-0.2, -0.15) is 13.2 Å². The number of nitrogens with zero attached hydrogens (tertiary/aromatic N) is 3. The van der Waals surface area contributed by atoms with Gasteiger partial charge in [-0.05, 0) is 72.1 Å². The predicted molar refractivity (Wildman–Crippen MR) is 146 cm³/mol. The third kappa shape index (κ3) is 5.88. The Morgan fingerprint density at radius 1 is 0.927 bits per heavy atom. The summed E-state index contributed by atoms with van der Waals surface area (Å²) in [7, 11) is 0. The van der Waals surface area contributed by atoms with Gasteiger partial charge in [-0.1, -0.05) is 12.1 Å². The van der Waals surface area contributed by atoms with Gasteiger partial charge in [0.05, 0.1) is 11.9 Å². The number of rotatable bonds is 7. The molecule has 0 aliphatic heterocycles. The lowest BCUT2D eigenvalue weighted by molar-refractivity contribution is -0.137. The van der Waals surface area contributed by atoms with Crippen LogP contribution < -0.4 is 15.4 Å². The number of anilines is 2. The fourth-order valence-corrected chi connectivity index (χ4v) is 4.38. The summed E-state index contributed by atoms with van der Waals surface area (Å²) in [4.78, 5) is 33.3. The topological polar surface area (TPSA) is 98.1 Å². The lowest BCUT2D eigenvalue weighted by atomic mass is 10.0. The van der Waals surface area contributed by atoms with E-state index in [1.807, 2.05) is 0 Å². The molecule has 1 saturated carbocycles. The van der Waals surface area contributed by atoms with Crippen LogP contribution in [0.15, 0.2) is 91.6 Å². The molecule has 6 rings (SSSR count). The van der Waals surface area contributed by atoms with E-state index < -0.39 is 17.6 Å². The van der Waals surface area contributed by atoms with Crippen molar-refractivity contribution in [2.75, 3.05) is 10.6 Å². The molecule has 0 atom stereocenters. The van der Waals surface area contributed by atoms with Gasteiger partial charge in [0.25, 0.3) is 5.91 Å². The maximum absolute atomic E-state index is 13.6. The van der Waals surface area contributed by atoms with Crippen LogP contribution in [0.5, 0.6) is 11.5 Å². The number of nitrogens with one attached hydrogen (secondary N) is 2. The average molecular weight is 558 g/mol. The fraction of sp³-hybridized carbons (Fsp3) is 0.133. The number of pyridine rings is 1. The van der Waals surface area contributed by atoms with E-state index in [2.05, 4.69) is 20.6 Å². The largest absolute Gasteiger partial charge is 0.457 e. The number of alkyl halides is 3. The summed E-state index contributed by atoms with van der Waals surface area (Å²) < 4.78 is 48.2. The first-order chi connectivity index (χ1) is 19.7. The van der Waals surface area contributed by atoms with Crippen LogP contribution >= 0.6 is 0 Å². The highest BCUT2D eigenvalue weighted by Crippen LogP contribution is 2.34. The standard InChI is InChI=1S/C30H22F3N5O3/c31-30(32,33)20-13-21(15-22(14-20)38-11-10-34-17-38)36-29(40)26-3-1-2-19-12-23(6-7-25(19)26)41-24-8-9-35-27(16-24)37-28(39)18-4-5-18/h1-3,6-18H,4-5H2,(H,36,40)(H,35,37,39). The molecule has 0 unspecified atom stereocenters. The maximum atomic E-state index is 13.6. The monoisotopic (exact) mass is 557 g/mol. The van der Waals surface area contributed by atoms with E-state index in [0.29, 0.717) is 28.1 Å². The Morgan fingerprint density at radius 3 is 2.51 bits per heavy atom. The lowest BCUT2D eigenvalue weighted by Gasteiger charge is -2.14. The first-order valence-corrected chi connectivity index (χ1v) is 12.7. The second-order valence-corrected chi connectivity index (χ2v) is 9.62. The maximum Gasteiger partial charge on any atom is 0.416 e. The molecule has 0 spiro atoms. The third-order valence-electron chi connectivity index (χ3n) is 6.57. The summed E-state index contributed by atoms with van der Waals surface area (Å²) in [6.45, 7) is 0. The van der Waals surface area contributed by atoms with Crippen molar-refractivity contribution < 1.29 is 27.5 Å². The van der Waals surface area contributed by atoms with Crippen molar-refractivity contribution in [3.8, 4) is 17.2 Å². The number of fused-ring (bicyclic) bond motifs is 1. The Labute approximate surface area is 231 Å². The molecule has 41 heavy (non-hydrogen) atoms. The Balaban J connectivity index is 1.24. The Kier molecular flexibility index (Phi) is 6.62. The first kappa shape index (κ1) is 26.1. The Morgan fingerprint density at radius 2 is 1.76 bits per heavy atom. The van der Waals surface area contributed by atoms with Gasteiger partial charge in [-0.15, -0.1) is 0 Å². The zero-order chi connectivity index (χ0) is 28.6. The fourth-order valence-electron chi connectivity index (χ4n) is 4.38. The SMILES string of the molecule is O=C(Nc1cc(-n2ccnc2)cc(C(F)(F)F)c1)c1cccc2cc(Oc3ccnc(NC(=O)C4CC4)c3)ccc12. The van der Waals surface area contributed by atoms with Gasteiger partial charge < -0.3 is 19.9 Å². The number of imidazole rings is 1. The van der Waals surface area contributed by atoms with E-state index in [-0.39, 0.29) is 28.8 Å². The molecular formula is C30H22F3N5O3. The molecule has 0 radical (unpaired) electrons. The van der Waals surface area contributed by atoms with Gasteiger partial charge in [-0.3, -0.25) is 9.59 Å². The molecule has 2 N–H and O–H groups in total. The van der Waals surface area contributed by atoms with Crippen molar-refractivity contribution >= 4 is 34.1 Å². The number of hydrogen-bond acceptors (Lipinski definition) is 5. The first-order valence-electron chi connectivity index (χ1n) is 12.7. The predicted octanol–water partition coefficient (Wildman–Crippen LogP) is 6.83. The van der Waals surface area contributed by atoms with Gasteiger partial charge in [0.15, 0.2) is 0 Å². The molecule has 5 aromatic rings. The van der Waals surface area contributed by atoms with E-state index in [9.17, 15) is 22.8 Å². The molecule has 1 aliphatic rings. The van der Waals surface area contributed by atoms with Crippen LogP contribution in [0.4, 0.5) is 24.7 Å². The smallest absolute Gasteiger partial charge is 0.416 e. The van der Waals surface area contributed by atoms with Crippen molar-refractivity contribution in [3.63, 3.8) is 0 Å². The minimum atomic E-state index is -4.61. The minimum absolute atomic E-state index is 0.00671. The van der Waals surface area contributed by atoms with E-state index in [0.717, 1.165) is 25.0 Å². The highest BCUT2D eigenvalue weighted by atomic mass is 19.4. The van der Waals surface area contributed by atoms with Crippen LogP contribution in [0.1, 0.15) is 28.8 Å². The van der Waals surface area contributed by atoms with E-state index in [1.165, 1.54) is 35.6 Å². The number of carbonyl (C=O) groups excluding carboxylic acids is 2. The van der Waals surface area contributed by atoms with Crippen LogP contribution in [0, 0.1) is 5.92 Å². The Bertz CT molecular complexity index is 1770. The van der Waals surface area contributed by atoms with Crippen LogP contribution in [0.3, 0.4) is 0 Å². The zero-order valence-corrected chi connectivity index (χ0v) is 21.4. The number of ether oxygens (including phenoxy) is 1. The number of benzene rings is 3. The van der Waals surface area contributed by atoms with Gasteiger partial charge in [0.2, 0.25) is 5.91 Å². The van der Waals surface area contributed by atoms with Crippen LogP contribution in [-0.4, -0.2) is 26.3 Å². The summed E-state index contributed by atoms with van der Waals surface area (Å²) in [5.74, 6) is 0.770.